The van der Waals surface area contributed by atoms with Crippen molar-refractivity contribution < 1.29 is 9.59 Å². The number of carbonyl (C=O) groups is 2. The van der Waals surface area contributed by atoms with E-state index in [1.807, 2.05) is 43.3 Å². The minimum absolute atomic E-state index is 0.00834. The van der Waals surface area contributed by atoms with E-state index in [1.165, 1.54) is 0 Å². The molecule has 2 heterocycles. The maximum atomic E-state index is 12.3. The predicted molar refractivity (Wildman–Crippen MR) is 99.6 cm³/mol. The summed E-state index contributed by atoms with van der Waals surface area (Å²) in [4.78, 5) is 26.6. The van der Waals surface area contributed by atoms with Crippen molar-refractivity contribution in [3.05, 3.63) is 48.8 Å². The van der Waals surface area contributed by atoms with E-state index in [0.29, 0.717) is 6.54 Å². The zero-order valence-electron chi connectivity index (χ0n) is 15.0. The normalized spacial score (nSPS) is 16.8. The van der Waals surface area contributed by atoms with E-state index in [4.69, 9.17) is 0 Å². The molecule has 138 valence electrons. The smallest absolute Gasteiger partial charge is 0.244 e. The Morgan fingerprint density at radius 2 is 1.92 bits per heavy atom. The van der Waals surface area contributed by atoms with Crippen LogP contribution in [0.25, 0.3) is 0 Å². The zero-order chi connectivity index (χ0) is 18.4. The van der Waals surface area contributed by atoms with E-state index in [0.717, 1.165) is 31.6 Å². The second-order valence-corrected chi connectivity index (χ2v) is 6.64. The Morgan fingerprint density at radius 1 is 1.19 bits per heavy atom. The third-order valence-electron chi connectivity index (χ3n) is 4.66. The molecule has 1 atom stereocenters. The van der Waals surface area contributed by atoms with Crippen molar-refractivity contribution in [2.24, 2.45) is 0 Å². The standard InChI is InChI=1S/C19H25N5O2/c1-15(24-11-5-10-20-24)19(26)22-17-8-12-23(13-9-17)14-18(25)21-16-6-3-2-4-7-16/h2-7,10-11,15,17H,8-9,12-14H2,1H3,(H,21,25)(H,22,26). The number of rotatable bonds is 6. The summed E-state index contributed by atoms with van der Waals surface area (Å²) in [5.41, 5.74) is 0.812. The summed E-state index contributed by atoms with van der Waals surface area (Å²) in [5.74, 6) is -0.0278. The Morgan fingerprint density at radius 3 is 2.58 bits per heavy atom. The van der Waals surface area contributed by atoms with E-state index in [1.54, 1.807) is 17.1 Å². The van der Waals surface area contributed by atoms with Crippen LogP contribution in [-0.2, 0) is 9.59 Å². The summed E-state index contributed by atoms with van der Waals surface area (Å²) in [6.07, 6.45) is 5.15. The quantitative estimate of drug-likeness (QED) is 0.826. The van der Waals surface area contributed by atoms with Gasteiger partial charge in [-0.3, -0.25) is 19.2 Å². The molecule has 1 unspecified atom stereocenters. The molecule has 7 nitrogen and oxygen atoms in total. The summed E-state index contributed by atoms with van der Waals surface area (Å²) in [5, 5.41) is 10.1. The number of para-hydroxylation sites is 1. The molecule has 1 fully saturated rings. The van der Waals surface area contributed by atoms with E-state index in [-0.39, 0.29) is 23.9 Å². The fraction of sp³-hybridized carbons (Fsp3) is 0.421. The third-order valence-corrected chi connectivity index (χ3v) is 4.66. The van der Waals surface area contributed by atoms with Gasteiger partial charge in [-0.15, -0.1) is 0 Å². The number of hydrogen-bond donors (Lipinski definition) is 2. The summed E-state index contributed by atoms with van der Waals surface area (Å²) < 4.78 is 1.65. The van der Waals surface area contributed by atoms with Gasteiger partial charge in [-0.2, -0.15) is 5.10 Å². The van der Waals surface area contributed by atoms with Crippen LogP contribution in [0, 0.1) is 0 Å². The Labute approximate surface area is 153 Å². The molecule has 1 saturated heterocycles. The number of piperidine rings is 1. The number of amides is 2. The SMILES string of the molecule is CC(C(=O)NC1CCN(CC(=O)Nc2ccccc2)CC1)n1cccn1. The number of carbonyl (C=O) groups excluding carboxylic acids is 2. The van der Waals surface area contributed by atoms with Crippen molar-refractivity contribution in [2.75, 3.05) is 25.0 Å². The van der Waals surface area contributed by atoms with Crippen molar-refractivity contribution in [1.29, 1.82) is 0 Å². The maximum Gasteiger partial charge on any atom is 0.244 e. The molecule has 2 amide bonds. The summed E-state index contributed by atoms with van der Waals surface area (Å²) in [7, 11) is 0. The number of hydrogen-bond acceptors (Lipinski definition) is 4. The van der Waals surface area contributed by atoms with Crippen LogP contribution in [-0.4, -0.2) is 52.2 Å². The molecule has 1 aliphatic rings. The van der Waals surface area contributed by atoms with Crippen LogP contribution in [0.5, 0.6) is 0 Å². The Kier molecular flexibility index (Phi) is 6.01. The van der Waals surface area contributed by atoms with Crippen LogP contribution < -0.4 is 10.6 Å². The van der Waals surface area contributed by atoms with Gasteiger partial charge in [0.1, 0.15) is 6.04 Å². The van der Waals surface area contributed by atoms with Gasteiger partial charge < -0.3 is 10.6 Å². The molecule has 1 aromatic heterocycles. The highest BCUT2D eigenvalue weighted by Gasteiger charge is 2.24. The molecule has 3 rings (SSSR count). The molecule has 2 N–H and O–H groups in total. The van der Waals surface area contributed by atoms with Gasteiger partial charge in [-0.05, 0) is 38.0 Å². The molecular formula is C19H25N5O2. The van der Waals surface area contributed by atoms with Crippen LogP contribution in [0.2, 0.25) is 0 Å². The summed E-state index contributed by atoms with van der Waals surface area (Å²) >= 11 is 0. The second-order valence-electron chi connectivity index (χ2n) is 6.64. The number of benzene rings is 1. The molecule has 0 aliphatic carbocycles. The molecule has 0 saturated carbocycles. The Hall–Kier alpha value is -2.67. The van der Waals surface area contributed by atoms with E-state index >= 15 is 0 Å². The highest BCUT2D eigenvalue weighted by atomic mass is 16.2. The predicted octanol–water partition coefficient (Wildman–Crippen LogP) is 1.66. The van der Waals surface area contributed by atoms with Crippen LogP contribution >= 0.6 is 0 Å². The molecular weight excluding hydrogens is 330 g/mol. The van der Waals surface area contributed by atoms with Crippen molar-refractivity contribution in [2.45, 2.75) is 31.8 Å². The highest BCUT2D eigenvalue weighted by molar-refractivity contribution is 5.92. The van der Waals surface area contributed by atoms with E-state index in [9.17, 15) is 9.59 Å². The fourth-order valence-corrected chi connectivity index (χ4v) is 3.11. The first-order chi connectivity index (χ1) is 12.6. The van der Waals surface area contributed by atoms with Gasteiger partial charge >= 0.3 is 0 Å². The number of aromatic nitrogens is 2. The van der Waals surface area contributed by atoms with Crippen LogP contribution in [0.3, 0.4) is 0 Å². The van der Waals surface area contributed by atoms with Gasteiger partial charge in [-0.1, -0.05) is 18.2 Å². The minimum atomic E-state index is -0.320. The molecule has 0 bridgehead atoms. The monoisotopic (exact) mass is 355 g/mol. The lowest BCUT2D eigenvalue weighted by atomic mass is 10.0. The molecule has 2 aromatic rings. The molecule has 7 heteroatoms. The van der Waals surface area contributed by atoms with Crippen LogP contribution in [0.15, 0.2) is 48.8 Å². The maximum absolute atomic E-state index is 12.3. The second kappa shape index (κ2) is 8.62. The molecule has 0 spiro atoms. The number of nitrogens with zero attached hydrogens (tertiary/aromatic N) is 3. The van der Waals surface area contributed by atoms with Crippen LogP contribution in [0.1, 0.15) is 25.8 Å². The topological polar surface area (TPSA) is 79.3 Å². The third kappa shape index (κ3) is 4.92. The van der Waals surface area contributed by atoms with Crippen molar-refractivity contribution >= 4 is 17.5 Å². The Balaban J connectivity index is 1.40. The van der Waals surface area contributed by atoms with Crippen molar-refractivity contribution in [3.63, 3.8) is 0 Å². The average molecular weight is 355 g/mol. The van der Waals surface area contributed by atoms with Crippen LogP contribution in [0.4, 0.5) is 5.69 Å². The van der Waals surface area contributed by atoms with Gasteiger partial charge in [0.05, 0.1) is 6.54 Å². The number of anilines is 1. The fourth-order valence-electron chi connectivity index (χ4n) is 3.11. The zero-order valence-corrected chi connectivity index (χ0v) is 15.0. The molecule has 1 aliphatic heterocycles. The van der Waals surface area contributed by atoms with Crippen molar-refractivity contribution in [3.8, 4) is 0 Å². The van der Waals surface area contributed by atoms with E-state index in [2.05, 4.69) is 20.6 Å². The molecule has 26 heavy (non-hydrogen) atoms. The van der Waals surface area contributed by atoms with Gasteiger partial charge in [0, 0.05) is 37.2 Å². The summed E-state index contributed by atoms with van der Waals surface area (Å²) in [6, 6.07) is 11.1. The number of nitrogens with one attached hydrogen (secondary N) is 2. The largest absolute Gasteiger partial charge is 0.351 e. The molecule has 1 aromatic carbocycles. The van der Waals surface area contributed by atoms with Gasteiger partial charge in [-0.25, -0.2) is 0 Å². The lowest BCUT2D eigenvalue weighted by Gasteiger charge is -2.32. The number of likely N-dealkylation sites (tertiary alicyclic amines) is 1. The first kappa shape index (κ1) is 18.1. The molecule has 0 radical (unpaired) electrons. The average Bonchev–Trinajstić information content (AvgIpc) is 3.18. The lowest BCUT2D eigenvalue weighted by Crippen LogP contribution is -2.47. The van der Waals surface area contributed by atoms with Gasteiger partial charge in [0.2, 0.25) is 11.8 Å². The van der Waals surface area contributed by atoms with Crippen molar-refractivity contribution in [1.82, 2.24) is 20.0 Å². The lowest BCUT2D eigenvalue weighted by molar-refractivity contribution is -0.125. The highest BCUT2D eigenvalue weighted by Crippen LogP contribution is 2.13. The summed E-state index contributed by atoms with van der Waals surface area (Å²) in [6.45, 7) is 3.80. The minimum Gasteiger partial charge on any atom is -0.351 e. The Bertz CT molecular complexity index is 709. The first-order valence-corrected chi connectivity index (χ1v) is 8.98. The van der Waals surface area contributed by atoms with Gasteiger partial charge in [0.15, 0.2) is 0 Å². The first-order valence-electron chi connectivity index (χ1n) is 8.98. The van der Waals surface area contributed by atoms with Gasteiger partial charge in [0.25, 0.3) is 0 Å². The van der Waals surface area contributed by atoms with E-state index < -0.39 is 0 Å².